The maximum atomic E-state index is 4.77. The zero-order valence-electron chi connectivity index (χ0n) is 20.3. The summed E-state index contributed by atoms with van der Waals surface area (Å²) >= 11 is 0. The van der Waals surface area contributed by atoms with E-state index in [-0.39, 0.29) is 6.04 Å². The predicted octanol–water partition coefficient (Wildman–Crippen LogP) is 6.38. The Kier molecular flexibility index (Phi) is 7.25. The SMILES string of the molecule is CCCCCCN1CCN(c2ccc3ncn(C(c4ccccc4)c4ccccc4)c3c2)CC1. The highest BCUT2D eigenvalue weighted by atomic mass is 15.3. The Morgan fingerprint density at radius 1 is 0.765 bits per heavy atom. The average molecular weight is 453 g/mol. The third-order valence-electron chi connectivity index (χ3n) is 7.13. The highest BCUT2D eigenvalue weighted by Gasteiger charge is 2.21. The van der Waals surface area contributed by atoms with Crippen LogP contribution in [0, 0.1) is 0 Å². The molecule has 0 aliphatic carbocycles. The number of fused-ring (bicyclic) bond motifs is 1. The maximum absolute atomic E-state index is 4.77. The van der Waals surface area contributed by atoms with Crippen LogP contribution in [0.25, 0.3) is 11.0 Å². The zero-order chi connectivity index (χ0) is 23.2. The summed E-state index contributed by atoms with van der Waals surface area (Å²) in [6.45, 7) is 8.02. The number of unbranched alkanes of at least 4 members (excludes halogenated alkanes) is 3. The fourth-order valence-corrected chi connectivity index (χ4v) is 5.19. The largest absolute Gasteiger partial charge is 0.369 e. The first-order valence-electron chi connectivity index (χ1n) is 12.9. The maximum Gasteiger partial charge on any atom is 0.0966 e. The van der Waals surface area contributed by atoms with Gasteiger partial charge in [-0.2, -0.15) is 0 Å². The summed E-state index contributed by atoms with van der Waals surface area (Å²) in [6, 6.07) is 28.4. The van der Waals surface area contributed by atoms with E-state index in [0.29, 0.717) is 0 Å². The van der Waals surface area contributed by atoms with E-state index in [2.05, 4.69) is 100 Å². The fourth-order valence-electron chi connectivity index (χ4n) is 5.19. The summed E-state index contributed by atoms with van der Waals surface area (Å²) in [5.74, 6) is 0. The van der Waals surface area contributed by atoms with Crippen molar-refractivity contribution in [1.82, 2.24) is 14.5 Å². The molecule has 1 aromatic heterocycles. The Balaban J connectivity index is 1.39. The van der Waals surface area contributed by atoms with Gasteiger partial charge in [-0.05, 0) is 42.3 Å². The Labute approximate surface area is 203 Å². The van der Waals surface area contributed by atoms with Crippen molar-refractivity contribution in [1.29, 1.82) is 0 Å². The van der Waals surface area contributed by atoms with Gasteiger partial charge in [0.1, 0.15) is 0 Å². The molecule has 0 unspecified atom stereocenters. The summed E-state index contributed by atoms with van der Waals surface area (Å²) in [5.41, 5.74) is 6.09. The summed E-state index contributed by atoms with van der Waals surface area (Å²) in [5, 5.41) is 0. The molecule has 1 aliphatic heterocycles. The van der Waals surface area contributed by atoms with Crippen LogP contribution in [0.2, 0.25) is 0 Å². The molecule has 0 N–H and O–H groups in total. The molecule has 0 saturated carbocycles. The van der Waals surface area contributed by atoms with Gasteiger partial charge in [-0.25, -0.2) is 4.98 Å². The molecule has 5 rings (SSSR count). The number of nitrogens with zero attached hydrogens (tertiary/aromatic N) is 4. The zero-order valence-corrected chi connectivity index (χ0v) is 20.3. The van der Waals surface area contributed by atoms with Crippen LogP contribution in [0.4, 0.5) is 5.69 Å². The third-order valence-corrected chi connectivity index (χ3v) is 7.13. The van der Waals surface area contributed by atoms with Crippen molar-refractivity contribution in [2.75, 3.05) is 37.6 Å². The molecule has 0 atom stereocenters. The lowest BCUT2D eigenvalue weighted by Crippen LogP contribution is -2.46. The molecular weight excluding hydrogens is 416 g/mol. The Bertz CT molecular complexity index is 1120. The predicted molar refractivity (Wildman–Crippen MR) is 143 cm³/mol. The summed E-state index contributed by atoms with van der Waals surface area (Å²) < 4.78 is 2.34. The number of rotatable bonds is 9. The fraction of sp³-hybridized carbons (Fsp3) is 0.367. The minimum atomic E-state index is 0.0996. The number of hydrogen-bond donors (Lipinski definition) is 0. The van der Waals surface area contributed by atoms with Gasteiger partial charge in [0.15, 0.2) is 0 Å². The molecular formula is C30H36N4. The van der Waals surface area contributed by atoms with Gasteiger partial charge in [-0.1, -0.05) is 86.8 Å². The molecule has 4 aromatic rings. The smallest absolute Gasteiger partial charge is 0.0966 e. The molecule has 3 aromatic carbocycles. The molecule has 4 heteroatoms. The topological polar surface area (TPSA) is 24.3 Å². The monoisotopic (exact) mass is 452 g/mol. The second-order valence-electron chi connectivity index (χ2n) is 9.44. The molecule has 1 fully saturated rings. The lowest BCUT2D eigenvalue weighted by molar-refractivity contribution is 0.252. The molecule has 0 radical (unpaired) electrons. The molecule has 0 spiro atoms. The lowest BCUT2D eigenvalue weighted by atomic mass is 9.98. The number of anilines is 1. The lowest BCUT2D eigenvalue weighted by Gasteiger charge is -2.36. The van der Waals surface area contributed by atoms with Crippen molar-refractivity contribution < 1.29 is 0 Å². The average Bonchev–Trinajstić information content (AvgIpc) is 3.31. The summed E-state index contributed by atoms with van der Waals surface area (Å²) in [7, 11) is 0. The summed E-state index contributed by atoms with van der Waals surface area (Å²) in [4.78, 5) is 9.95. The van der Waals surface area contributed by atoms with E-state index in [1.54, 1.807) is 0 Å². The van der Waals surface area contributed by atoms with Crippen molar-refractivity contribution in [2.45, 2.75) is 38.6 Å². The van der Waals surface area contributed by atoms with E-state index in [0.717, 1.165) is 31.7 Å². The molecule has 4 nitrogen and oxygen atoms in total. The normalized spacial score (nSPS) is 14.8. The van der Waals surface area contributed by atoms with E-state index in [1.807, 2.05) is 6.33 Å². The van der Waals surface area contributed by atoms with Crippen LogP contribution in [0.15, 0.2) is 85.2 Å². The molecule has 0 amide bonds. The van der Waals surface area contributed by atoms with Crippen molar-refractivity contribution >= 4 is 16.7 Å². The van der Waals surface area contributed by atoms with Gasteiger partial charge in [-0.15, -0.1) is 0 Å². The van der Waals surface area contributed by atoms with Gasteiger partial charge in [0.2, 0.25) is 0 Å². The molecule has 34 heavy (non-hydrogen) atoms. The minimum absolute atomic E-state index is 0.0996. The molecule has 1 aliphatic rings. The number of hydrogen-bond acceptors (Lipinski definition) is 3. The van der Waals surface area contributed by atoms with Crippen molar-refractivity contribution in [3.05, 3.63) is 96.3 Å². The first-order valence-corrected chi connectivity index (χ1v) is 12.9. The van der Waals surface area contributed by atoms with Gasteiger partial charge in [-0.3, -0.25) is 4.90 Å². The van der Waals surface area contributed by atoms with E-state index in [4.69, 9.17) is 4.98 Å². The highest BCUT2D eigenvalue weighted by molar-refractivity contribution is 5.80. The second-order valence-corrected chi connectivity index (χ2v) is 9.44. The number of aromatic nitrogens is 2. The summed E-state index contributed by atoms with van der Waals surface area (Å²) in [6.07, 6.45) is 7.37. The van der Waals surface area contributed by atoms with Crippen LogP contribution in [0.1, 0.15) is 49.8 Å². The van der Waals surface area contributed by atoms with Gasteiger partial charge in [0.05, 0.1) is 23.4 Å². The molecule has 176 valence electrons. The Morgan fingerprint density at radius 3 is 2.09 bits per heavy atom. The van der Waals surface area contributed by atoms with Crippen LogP contribution in [0.3, 0.4) is 0 Å². The van der Waals surface area contributed by atoms with Crippen molar-refractivity contribution in [3.8, 4) is 0 Å². The van der Waals surface area contributed by atoms with Crippen molar-refractivity contribution in [2.24, 2.45) is 0 Å². The Morgan fingerprint density at radius 2 is 1.44 bits per heavy atom. The van der Waals surface area contributed by atoms with E-state index in [1.165, 1.54) is 54.6 Å². The van der Waals surface area contributed by atoms with Crippen LogP contribution in [0.5, 0.6) is 0 Å². The quantitative estimate of drug-likeness (QED) is 0.276. The van der Waals surface area contributed by atoms with E-state index < -0.39 is 0 Å². The van der Waals surface area contributed by atoms with Crippen molar-refractivity contribution in [3.63, 3.8) is 0 Å². The molecule has 2 heterocycles. The third kappa shape index (κ3) is 5.02. The number of benzene rings is 3. The van der Waals surface area contributed by atoms with E-state index in [9.17, 15) is 0 Å². The highest BCUT2D eigenvalue weighted by Crippen LogP contribution is 2.31. The van der Waals surface area contributed by atoms with Crippen LogP contribution >= 0.6 is 0 Å². The molecule has 0 bridgehead atoms. The van der Waals surface area contributed by atoms with Gasteiger partial charge >= 0.3 is 0 Å². The standard InChI is InChI=1S/C30H36N4/c1-2-3-4-11-18-32-19-21-33(22-20-32)27-16-17-28-29(23-27)34(24-31-28)30(25-12-7-5-8-13-25)26-14-9-6-10-15-26/h5-10,12-17,23-24,30H,2-4,11,18-22H2,1H3. The van der Waals surface area contributed by atoms with Crippen LogP contribution in [-0.2, 0) is 0 Å². The second kappa shape index (κ2) is 10.9. The van der Waals surface area contributed by atoms with Gasteiger partial charge < -0.3 is 9.47 Å². The van der Waals surface area contributed by atoms with Crippen LogP contribution in [-0.4, -0.2) is 47.2 Å². The van der Waals surface area contributed by atoms with Crippen LogP contribution < -0.4 is 4.90 Å². The first-order chi connectivity index (χ1) is 16.8. The molecule has 1 saturated heterocycles. The Hall–Kier alpha value is -3.11. The number of piperazine rings is 1. The number of imidazole rings is 1. The van der Waals surface area contributed by atoms with Gasteiger partial charge in [0.25, 0.3) is 0 Å². The minimum Gasteiger partial charge on any atom is -0.369 e. The van der Waals surface area contributed by atoms with Gasteiger partial charge in [0, 0.05) is 31.9 Å². The first kappa shape index (κ1) is 22.7. The van der Waals surface area contributed by atoms with E-state index >= 15 is 0 Å².